The average Bonchev–Trinajstić information content (AvgIpc) is 2.56. The minimum Gasteiger partial charge on any atom is -0.491 e. The Morgan fingerprint density at radius 1 is 0.905 bits per heavy atom. The maximum absolute atomic E-state index is 10.5. The number of rotatable bonds is 8. The molecular formula is C17H21NO3. The summed E-state index contributed by atoms with van der Waals surface area (Å²) in [6.07, 6.45) is 0. The van der Waals surface area contributed by atoms with E-state index in [0.29, 0.717) is 13.2 Å². The zero-order valence-corrected chi connectivity index (χ0v) is 11.9. The predicted octanol–water partition coefficient (Wildman–Crippen LogP) is 1.93. The molecule has 0 aliphatic rings. The van der Waals surface area contributed by atoms with Crippen molar-refractivity contribution < 1.29 is 14.6 Å². The highest BCUT2D eigenvalue weighted by atomic mass is 16.5. The first-order chi connectivity index (χ1) is 10.2. The van der Waals surface area contributed by atoms with Gasteiger partial charge in [0.1, 0.15) is 18.0 Å². The molecule has 112 valence electrons. The topological polar surface area (TPSA) is 64.7 Å². The molecule has 4 nitrogen and oxygen atoms in total. The summed E-state index contributed by atoms with van der Waals surface area (Å²) in [5.41, 5.74) is 5.29. The zero-order chi connectivity index (χ0) is 15.0. The molecule has 1 atom stereocenters. The van der Waals surface area contributed by atoms with Crippen LogP contribution >= 0.6 is 0 Å². The van der Waals surface area contributed by atoms with E-state index in [2.05, 4.69) is 0 Å². The van der Waals surface area contributed by atoms with Crippen LogP contribution in [0.4, 0.5) is 0 Å². The SMILES string of the molecule is NCC(O)(COCCOc1ccccc1)c1ccccc1. The van der Waals surface area contributed by atoms with Crippen LogP contribution in [0, 0.1) is 0 Å². The van der Waals surface area contributed by atoms with Crippen LogP contribution in [0.15, 0.2) is 60.7 Å². The number of aliphatic hydroxyl groups is 1. The molecule has 3 N–H and O–H groups in total. The molecule has 2 aromatic rings. The van der Waals surface area contributed by atoms with Gasteiger partial charge in [0.05, 0.1) is 13.2 Å². The number of ether oxygens (including phenoxy) is 2. The van der Waals surface area contributed by atoms with E-state index in [4.69, 9.17) is 15.2 Å². The summed E-state index contributed by atoms with van der Waals surface area (Å²) >= 11 is 0. The summed E-state index contributed by atoms with van der Waals surface area (Å²) in [6.45, 7) is 1.08. The van der Waals surface area contributed by atoms with E-state index >= 15 is 0 Å². The van der Waals surface area contributed by atoms with Crippen molar-refractivity contribution in [2.45, 2.75) is 5.60 Å². The third-order valence-electron chi connectivity index (χ3n) is 3.23. The smallest absolute Gasteiger partial charge is 0.125 e. The van der Waals surface area contributed by atoms with Gasteiger partial charge < -0.3 is 20.3 Å². The van der Waals surface area contributed by atoms with Gasteiger partial charge in [-0.3, -0.25) is 0 Å². The van der Waals surface area contributed by atoms with E-state index in [9.17, 15) is 5.11 Å². The predicted molar refractivity (Wildman–Crippen MR) is 82.1 cm³/mol. The van der Waals surface area contributed by atoms with Crippen LogP contribution in [-0.2, 0) is 10.3 Å². The second-order valence-electron chi connectivity index (χ2n) is 4.82. The molecule has 0 spiro atoms. The normalized spacial score (nSPS) is 13.6. The average molecular weight is 287 g/mol. The van der Waals surface area contributed by atoms with Gasteiger partial charge in [0, 0.05) is 6.54 Å². The van der Waals surface area contributed by atoms with Gasteiger partial charge in [-0.25, -0.2) is 0 Å². The standard InChI is InChI=1S/C17H21NO3/c18-13-17(19,15-7-3-1-4-8-15)14-20-11-12-21-16-9-5-2-6-10-16/h1-10,19H,11-14,18H2. The lowest BCUT2D eigenvalue weighted by Gasteiger charge is -2.26. The Hall–Kier alpha value is -1.88. The minimum absolute atomic E-state index is 0.108. The Bertz CT molecular complexity index is 518. The third kappa shape index (κ3) is 4.56. The zero-order valence-electron chi connectivity index (χ0n) is 11.9. The molecule has 0 bridgehead atoms. The van der Waals surface area contributed by atoms with Crippen LogP contribution in [0.1, 0.15) is 5.56 Å². The van der Waals surface area contributed by atoms with Crippen LogP contribution in [0.2, 0.25) is 0 Å². The Balaban J connectivity index is 1.76. The molecule has 21 heavy (non-hydrogen) atoms. The molecule has 4 heteroatoms. The van der Waals surface area contributed by atoms with Crippen LogP contribution in [0.5, 0.6) is 5.75 Å². The van der Waals surface area contributed by atoms with Crippen molar-refractivity contribution in [1.29, 1.82) is 0 Å². The van der Waals surface area contributed by atoms with Crippen molar-refractivity contribution in [3.63, 3.8) is 0 Å². The lowest BCUT2D eigenvalue weighted by molar-refractivity contribution is -0.0494. The van der Waals surface area contributed by atoms with Crippen LogP contribution in [-0.4, -0.2) is 31.5 Å². The number of nitrogens with two attached hydrogens (primary N) is 1. The van der Waals surface area contributed by atoms with Gasteiger partial charge in [0.15, 0.2) is 0 Å². The Labute approximate surface area is 125 Å². The molecule has 0 fully saturated rings. The van der Waals surface area contributed by atoms with Gasteiger partial charge >= 0.3 is 0 Å². The second-order valence-corrected chi connectivity index (χ2v) is 4.82. The monoisotopic (exact) mass is 287 g/mol. The minimum atomic E-state index is -1.16. The van der Waals surface area contributed by atoms with E-state index in [1.54, 1.807) is 0 Å². The van der Waals surface area contributed by atoms with Crippen molar-refractivity contribution >= 4 is 0 Å². The van der Waals surface area contributed by atoms with Crippen LogP contribution in [0.3, 0.4) is 0 Å². The van der Waals surface area contributed by atoms with Crippen LogP contribution < -0.4 is 10.5 Å². The fourth-order valence-corrected chi connectivity index (χ4v) is 1.98. The van der Waals surface area contributed by atoms with Crippen molar-refractivity contribution in [2.75, 3.05) is 26.4 Å². The molecule has 0 aromatic heterocycles. The van der Waals surface area contributed by atoms with E-state index < -0.39 is 5.60 Å². The fourth-order valence-electron chi connectivity index (χ4n) is 1.98. The molecule has 2 aromatic carbocycles. The van der Waals surface area contributed by atoms with Crippen molar-refractivity contribution in [3.8, 4) is 5.75 Å². The van der Waals surface area contributed by atoms with Gasteiger partial charge in [-0.1, -0.05) is 48.5 Å². The Morgan fingerprint density at radius 2 is 1.52 bits per heavy atom. The van der Waals surface area contributed by atoms with Gasteiger partial charge in [-0.2, -0.15) is 0 Å². The summed E-state index contributed by atoms with van der Waals surface area (Å²) in [4.78, 5) is 0. The van der Waals surface area contributed by atoms with Gasteiger partial charge in [-0.05, 0) is 17.7 Å². The molecular weight excluding hydrogens is 266 g/mol. The molecule has 0 aliphatic heterocycles. The molecule has 1 unspecified atom stereocenters. The number of hydrogen-bond acceptors (Lipinski definition) is 4. The lowest BCUT2D eigenvalue weighted by Crippen LogP contribution is -2.39. The number of hydrogen-bond donors (Lipinski definition) is 2. The summed E-state index contributed by atoms with van der Waals surface area (Å²) in [6, 6.07) is 18.9. The molecule has 0 saturated carbocycles. The van der Waals surface area contributed by atoms with Gasteiger partial charge in [-0.15, -0.1) is 0 Å². The van der Waals surface area contributed by atoms with E-state index in [1.807, 2.05) is 60.7 Å². The van der Waals surface area contributed by atoms with Gasteiger partial charge in [0.25, 0.3) is 0 Å². The Kier molecular flexibility index (Phi) is 5.75. The molecule has 0 amide bonds. The lowest BCUT2D eigenvalue weighted by atomic mass is 9.95. The maximum Gasteiger partial charge on any atom is 0.125 e. The first-order valence-electron chi connectivity index (χ1n) is 6.98. The molecule has 0 aliphatic carbocycles. The third-order valence-corrected chi connectivity index (χ3v) is 3.23. The summed E-state index contributed by atoms with van der Waals surface area (Å²) < 4.78 is 11.0. The van der Waals surface area contributed by atoms with Crippen molar-refractivity contribution in [3.05, 3.63) is 66.2 Å². The van der Waals surface area contributed by atoms with E-state index in [0.717, 1.165) is 11.3 Å². The summed E-state index contributed by atoms with van der Waals surface area (Å²) in [5.74, 6) is 0.804. The molecule has 0 saturated heterocycles. The molecule has 0 radical (unpaired) electrons. The molecule has 0 heterocycles. The highest BCUT2D eigenvalue weighted by Crippen LogP contribution is 2.20. The maximum atomic E-state index is 10.5. The molecule has 2 rings (SSSR count). The number of benzene rings is 2. The fraction of sp³-hybridized carbons (Fsp3) is 0.294. The second kappa shape index (κ2) is 7.78. The Morgan fingerprint density at radius 3 is 2.14 bits per heavy atom. The first kappa shape index (κ1) is 15.5. The highest BCUT2D eigenvalue weighted by Gasteiger charge is 2.27. The first-order valence-corrected chi connectivity index (χ1v) is 6.98. The largest absolute Gasteiger partial charge is 0.491 e. The quantitative estimate of drug-likeness (QED) is 0.728. The van der Waals surface area contributed by atoms with Crippen LogP contribution in [0.25, 0.3) is 0 Å². The van der Waals surface area contributed by atoms with Crippen molar-refractivity contribution in [1.82, 2.24) is 0 Å². The summed E-state index contributed by atoms with van der Waals surface area (Å²) in [5, 5.41) is 10.5. The highest BCUT2D eigenvalue weighted by molar-refractivity contribution is 5.23. The van der Waals surface area contributed by atoms with E-state index in [-0.39, 0.29) is 13.2 Å². The number of para-hydroxylation sites is 1. The summed E-state index contributed by atoms with van der Waals surface area (Å²) in [7, 11) is 0. The van der Waals surface area contributed by atoms with Gasteiger partial charge in [0.2, 0.25) is 0 Å². The van der Waals surface area contributed by atoms with Crippen molar-refractivity contribution in [2.24, 2.45) is 5.73 Å². The van der Waals surface area contributed by atoms with E-state index in [1.165, 1.54) is 0 Å².